The van der Waals surface area contributed by atoms with Gasteiger partial charge in [0.15, 0.2) is 0 Å². The number of nitrogens with two attached hydrogens (primary N) is 1. The second-order valence-electron chi connectivity index (χ2n) is 5.16. The van der Waals surface area contributed by atoms with Crippen molar-refractivity contribution < 1.29 is 9.53 Å². The minimum Gasteiger partial charge on any atom is -0.399 e. The number of hydrogen-bond acceptors (Lipinski definition) is 3. The molecule has 1 rings (SSSR count). The van der Waals surface area contributed by atoms with Gasteiger partial charge in [0, 0.05) is 18.0 Å². The zero-order valence-electron chi connectivity index (χ0n) is 12.0. The molecule has 1 amide bonds. The molecule has 4 nitrogen and oxygen atoms in total. The highest BCUT2D eigenvalue weighted by Gasteiger charge is 2.13. The van der Waals surface area contributed by atoms with Crippen molar-refractivity contribution in [2.24, 2.45) is 5.92 Å². The number of carbonyl (C=O) groups is 1. The van der Waals surface area contributed by atoms with Gasteiger partial charge in [-0.2, -0.15) is 0 Å². The summed E-state index contributed by atoms with van der Waals surface area (Å²) in [5.41, 5.74) is 6.98. The van der Waals surface area contributed by atoms with Crippen molar-refractivity contribution in [3.8, 4) is 0 Å². The van der Waals surface area contributed by atoms with E-state index in [4.69, 9.17) is 10.5 Å². The molecule has 0 bridgehead atoms. The normalized spacial score (nSPS) is 12.4. The Hall–Kier alpha value is -1.55. The Bertz CT molecular complexity index is 405. The summed E-state index contributed by atoms with van der Waals surface area (Å²) in [5, 5.41) is 2.79. The quantitative estimate of drug-likeness (QED) is 0.587. The number of carbonyl (C=O) groups excluding carboxylic acids is 1. The van der Waals surface area contributed by atoms with Gasteiger partial charge in [-0.25, -0.2) is 0 Å². The summed E-state index contributed by atoms with van der Waals surface area (Å²) >= 11 is 0. The zero-order chi connectivity index (χ0) is 14.3. The number of benzene rings is 1. The second kappa shape index (κ2) is 7.79. The SMILES string of the molecule is CC(C)CCCOC(C)C(=O)Nc1cccc(N)c1. The molecule has 19 heavy (non-hydrogen) atoms. The fraction of sp³-hybridized carbons (Fsp3) is 0.533. The number of anilines is 2. The van der Waals surface area contributed by atoms with Crippen LogP contribution in [0.5, 0.6) is 0 Å². The van der Waals surface area contributed by atoms with E-state index in [0.29, 0.717) is 23.9 Å². The van der Waals surface area contributed by atoms with Crippen LogP contribution >= 0.6 is 0 Å². The first kappa shape index (κ1) is 15.5. The van der Waals surface area contributed by atoms with Crippen molar-refractivity contribution in [3.63, 3.8) is 0 Å². The largest absolute Gasteiger partial charge is 0.399 e. The Kier molecular flexibility index (Phi) is 6.36. The molecule has 0 spiro atoms. The lowest BCUT2D eigenvalue weighted by atomic mass is 10.1. The predicted molar refractivity (Wildman–Crippen MR) is 79.0 cm³/mol. The highest BCUT2D eigenvalue weighted by Crippen LogP contribution is 2.12. The molecule has 0 aromatic heterocycles. The van der Waals surface area contributed by atoms with Crippen molar-refractivity contribution in [3.05, 3.63) is 24.3 Å². The molecule has 0 saturated carbocycles. The predicted octanol–water partition coefficient (Wildman–Crippen LogP) is 3.05. The molecule has 0 heterocycles. The molecular formula is C15H24N2O2. The molecular weight excluding hydrogens is 240 g/mol. The maximum Gasteiger partial charge on any atom is 0.253 e. The Morgan fingerprint density at radius 2 is 2.11 bits per heavy atom. The van der Waals surface area contributed by atoms with Gasteiger partial charge < -0.3 is 15.8 Å². The van der Waals surface area contributed by atoms with Crippen LogP contribution in [-0.4, -0.2) is 18.6 Å². The zero-order valence-corrected chi connectivity index (χ0v) is 12.0. The van der Waals surface area contributed by atoms with Crippen molar-refractivity contribution in [1.82, 2.24) is 0 Å². The van der Waals surface area contributed by atoms with E-state index in [1.165, 1.54) is 0 Å². The van der Waals surface area contributed by atoms with Gasteiger partial charge in [0.05, 0.1) is 0 Å². The van der Waals surface area contributed by atoms with Crippen LogP contribution in [0.1, 0.15) is 33.6 Å². The molecule has 1 aromatic rings. The molecule has 0 aliphatic carbocycles. The minimum absolute atomic E-state index is 0.143. The fourth-order valence-electron chi connectivity index (χ4n) is 1.69. The molecule has 0 aliphatic heterocycles. The van der Waals surface area contributed by atoms with Crippen LogP contribution in [0.2, 0.25) is 0 Å². The van der Waals surface area contributed by atoms with Gasteiger partial charge in [0.25, 0.3) is 5.91 Å². The van der Waals surface area contributed by atoms with E-state index in [9.17, 15) is 4.79 Å². The van der Waals surface area contributed by atoms with Gasteiger partial charge in [-0.05, 0) is 43.9 Å². The number of amides is 1. The van der Waals surface area contributed by atoms with Crippen LogP contribution < -0.4 is 11.1 Å². The van der Waals surface area contributed by atoms with E-state index < -0.39 is 6.10 Å². The van der Waals surface area contributed by atoms with E-state index in [0.717, 1.165) is 12.8 Å². The molecule has 1 unspecified atom stereocenters. The van der Waals surface area contributed by atoms with Crippen LogP contribution in [0.3, 0.4) is 0 Å². The topological polar surface area (TPSA) is 64.3 Å². The first-order valence-electron chi connectivity index (χ1n) is 6.77. The van der Waals surface area contributed by atoms with Crippen molar-refractivity contribution in [2.45, 2.75) is 39.7 Å². The van der Waals surface area contributed by atoms with Gasteiger partial charge in [-0.1, -0.05) is 19.9 Å². The third-order valence-electron chi connectivity index (χ3n) is 2.82. The maximum atomic E-state index is 11.9. The smallest absolute Gasteiger partial charge is 0.253 e. The molecule has 1 aromatic carbocycles. The van der Waals surface area contributed by atoms with Crippen molar-refractivity contribution in [2.75, 3.05) is 17.7 Å². The lowest BCUT2D eigenvalue weighted by molar-refractivity contribution is -0.126. The molecule has 0 saturated heterocycles. The summed E-state index contributed by atoms with van der Waals surface area (Å²) in [6.45, 7) is 6.73. The van der Waals surface area contributed by atoms with E-state index in [1.807, 2.05) is 0 Å². The number of nitrogen functional groups attached to an aromatic ring is 1. The highest BCUT2D eigenvalue weighted by atomic mass is 16.5. The van der Waals surface area contributed by atoms with E-state index >= 15 is 0 Å². The lowest BCUT2D eigenvalue weighted by Crippen LogP contribution is -2.28. The van der Waals surface area contributed by atoms with Crippen molar-refractivity contribution in [1.29, 1.82) is 0 Å². The molecule has 0 aliphatic rings. The maximum absolute atomic E-state index is 11.9. The molecule has 1 atom stereocenters. The van der Waals surface area contributed by atoms with Gasteiger partial charge in [-0.15, -0.1) is 0 Å². The lowest BCUT2D eigenvalue weighted by Gasteiger charge is -2.14. The van der Waals surface area contributed by atoms with Gasteiger partial charge >= 0.3 is 0 Å². The van der Waals surface area contributed by atoms with Crippen LogP contribution in [0, 0.1) is 5.92 Å². The van der Waals surface area contributed by atoms with Crippen LogP contribution in [-0.2, 0) is 9.53 Å². The Morgan fingerprint density at radius 1 is 1.37 bits per heavy atom. The number of nitrogens with one attached hydrogen (secondary N) is 1. The number of rotatable bonds is 7. The molecule has 3 N–H and O–H groups in total. The molecule has 106 valence electrons. The average Bonchev–Trinajstić information content (AvgIpc) is 2.34. The first-order chi connectivity index (χ1) is 8.99. The number of hydrogen-bond donors (Lipinski definition) is 2. The minimum atomic E-state index is -0.450. The van der Waals surface area contributed by atoms with Gasteiger partial charge in [-0.3, -0.25) is 4.79 Å². The fourth-order valence-corrected chi connectivity index (χ4v) is 1.69. The summed E-state index contributed by atoms with van der Waals surface area (Å²) < 4.78 is 5.51. The van der Waals surface area contributed by atoms with Crippen molar-refractivity contribution >= 4 is 17.3 Å². The Morgan fingerprint density at radius 3 is 2.74 bits per heavy atom. The summed E-state index contributed by atoms with van der Waals surface area (Å²) in [6, 6.07) is 7.11. The average molecular weight is 264 g/mol. The first-order valence-corrected chi connectivity index (χ1v) is 6.77. The third kappa shape index (κ3) is 6.25. The highest BCUT2D eigenvalue weighted by molar-refractivity contribution is 5.94. The summed E-state index contributed by atoms with van der Waals surface area (Å²) in [6.07, 6.45) is 1.64. The van der Waals surface area contributed by atoms with Gasteiger partial charge in [0.1, 0.15) is 6.10 Å². The Labute approximate surface area is 115 Å². The summed E-state index contributed by atoms with van der Waals surface area (Å²) in [4.78, 5) is 11.9. The Balaban J connectivity index is 2.32. The number of ether oxygens (including phenoxy) is 1. The standard InChI is InChI=1S/C15H24N2O2/c1-11(2)6-5-9-19-12(3)15(18)17-14-8-4-7-13(16)10-14/h4,7-8,10-12H,5-6,9,16H2,1-3H3,(H,17,18). The van der Waals surface area contributed by atoms with Crippen LogP contribution in [0.15, 0.2) is 24.3 Å². The van der Waals surface area contributed by atoms with E-state index in [1.54, 1.807) is 31.2 Å². The molecule has 4 heteroatoms. The van der Waals surface area contributed by atoms with Crippen LogP contribution in [0.25, 0.3) is 0 Å². The molecule has 0 radical (unpaired) electrons. The van der Waals surface area contributed by atoms with Gasteiger partial charge in [0.2, 0.25) is 0 Å². The van der Waals surface area contributed by atoms with Crippen LogP contribution in [0.4, 0.5) is 11.4 Å². The summed E-state index contributed by atoms with van der Waals surface area (Å²) in [7, 11) is 0. The second-order valence-corrected chi connectivity index (χ2v) is 5.16. The molecule has 0 fully saturated rings. The third-order valence-corrected chi connectivity index (χ3v) is 2.82. The van der Waals surface area contributed by atoms with E-state index in [2.05, 4.69) is 19.2 Å². The summed E-state index contributed by atoms with van der Waals surface area (Å²) in [5.74, 6) is 0.523. The monoisotopic (exact) mass is 264 g/mol. The van der Waals surface area contributed by atoms with E-state index in [-0.39, 0.29) is 5.91 Å².